The molecule has 0 aliphatic carbocycles. The summed E-state index contributed by atoms with van der Waals surface area (Å²) in [5, 5.41) is 0. The van der Waals surface area contributed by atoms with Gasteiger partial charge in [-0.05, 0) is 83.4 Å². The van der Waals surface area contributed by atoms with E-state index in [1.807, 2.05) is 44.5 Å². The average molecular weight is 438 g/mol. The fourth-order valence-electron chi connectivity index (χ4n) is 3.97. The van der Waals surface area contributed by atoms with Crippen molar-refractivity contribution in [2.24, 2.45) is 0 Å². The van der Waals surface area contributed by atoms with Crippen LogP contribution in [0.1, 0.15) is 70.1 Å². The number of nitrogens with zero attached hydrogens (tertiary/aromatic N) is 3. The van der Waals surface area contributed by atoms with Gasteiger partial charge >= 0.3 is 0 Å². The van der Waals surface area contributed by atoms with Gasteiger partial charge < -0.3 is 14.5 Å². The highest BCUT2D eigenvalue weighted by atomic mass is 16.5. The molecule has 4 nitrogen and oxygen atoms in total. The lowest BCUT2D eigenvalue weighted by molar-refractivity contribution is 0.206. The van der Waals surface area contributed by atoms with Crippen molar-refractivity contribution in [2.45, 2.75) is 65.7 Å². The predicted molar refractivity (Wildman–Crippen MR) is 136 cm³/mol. The third-order valence-electron chi connectivity index (χ3n) is 6.15. The molecule has 2 aromatic rings. The van der Waals surface area contributed by atoms with E-state index in [4.69, 9.17) is 4.74 Å². The second-order valence-corrected chi connectivity index (χ2v) is 8.54. The SMILES string of the molecule is C/C(=C/Oc1ccc(C)cc1)N(C)CCCCCN1CCC(c2ccccn2)CC1.CC. The number of allylic oxidation sites excluding steroid dienone is 1. The highest BCUT2D eigenvalue weighted by Gasteiger charge is 2.20. The summed E-state index contributed by atoms with van der Waals surface area (Å²) in [4.78, 5) is 9.45. The summed E-state index contributed by atoms with van der Waals surface area (Å²) in [5.41, 5.74) is 3.68. The normalized spacial score (nSPS) is 15.1. The number of rotatable bonds is 10. The van der Waals surface area contributed by atoms with Crippen LogP contribution in [0.15, 0.2) is 60.6 Å². The second kappa shape index (κ2) is 14.7. The Balaban J connectivity index is 0.00000176. The first-order valence-corrected chi connectivity index (χ1v) is 12.4. The zero-order valence-electron chi connectivity index (χ0n) is 20.9. The molecule has 176 valence electrons. The lowest BCUT2D eigenvalue weighted by atomic mass is 9.93. The molecule has 1 aromatic heterocycles. The van der Waals surface area contributed by atoms with Gasteiger partial charge in [0, 0.05) is 37.1 Å². The number of benzene rings is 1. The molecule has 1 saturated heterocycles. The molecule has 2 heterocycles. The third kappa shape index (κ3) is 9.04. The lowest BCUT2D eigenvalue weighted by Crippen LogP contribution is -2.34. The molecule has 1 aliphatic rings. The van der Waals surface area contributed by atoms with Gasteiger partial charge in [0.1, 0.15) is 12.0 Å². The molecule has 0 atom stereocenters. The van der Waals surface area contributed by atoms with Crippen LogP contribution in [-0.2, 0) is 0 Å². The lowest BCUT2D eigenvalue weighted by Gasteiger charge is -2.31. The standard InChI is InChI=1S/C26H37N3O.C2H6/c1-22-10-12-25(13-11-22)30-21-23(2)28(3)17-7-4-8-18-29-19-14-24(15-20-29)26-9-5-6-16-27-26;1-2/h5-6,9-13,16,21,24H,4,7-8,14-15,17-20H2,1-3H3;1-2H3/b23-21-;. The van der Waals surface area contributed by atoms with E-state index in [1.54, 1.807) is 0 Å². The van der Waals surface area contributed by atoms with E-state index in [9.17, 15) is 0 Å². The average Bonchev–Trinajstić information content (AvgIpc) is 2.85. The van der Waals surface area contributed by atoms with Crippen LogP contribution < -0.4 is 4.74 Å². The largest absolute Gasteiger partial charge is 0.463 e. The molecule has 0 spiro atoms. The van der Waals surface area contributed by atoms with Crippen LogP contribution in [0.3, 0.4) is 0 Å². The maximum atomic E-state index is 5.78. The zero-order chi connectivity index (χ0) is 23.2. The number of likely N-dealkylation sites (tertiary alicyclic amines) is 1. The van der Waals surface area contributed by atoms with E-state index in [2.05, 4.69) is 59.9 Å². The third-order valence-corrected chi connectivity index (χ3v) is 6.15. The number of aromatic nitrogens is 1. The number of aryl methyl sites for hydroxylation is 1. The van der Waals surface area contributed by atoms with Crippen molar-refractivity contribution in [3.8, 4) is 5.75 Å². The summed E-state index contributed by atoms with van der Waals surface area (Å²) < 4.78 is 5.78. The van der Waals surface area contributed by atoms with Gasteiger partial charge in [-0.25, -0.2) is 0 Å². The first kappa shape index (κ1) is 25.9. The van der Waals surface area contributed by atoms with Crippen molar-refractivity contribution in [3.05, 3.63) is 71.9 Å². The van der Waals surface area contributed by atoms with Crippen molar-refractivity contribution in [2.75, 3.05) is 33.2 Å². The fourth-order valence-corrected chi connectivity index (χ4v) is 3.97. The summed E-state index contributed by atoms with van der Waals surface area (Å²) in [7, 11) is 2.15. The smallest absolute Gasteiger partial charge is 0.126 e. The predicted octanol–water partition coefficient (Wildman–Crippen LogP) is 6.64. The molecule has 0 saturated carbocycles. The Hall–Kier alpha value is -2.33. The Morgan fingerprint density at radius 3 is 2.44 bits per heavy atom. The van der Waals surface area contributed by atoms with E-state index < -0.39 is 0 Å². The number of pyridine rings is 1. The molecule has 1 fully saturated rings. The minimum Gasteiger partial charge on any atom is -0.463 e. The Labute approximate surface area is 196 Å². The number of hydrogen-bond donors (Lipinski definition) is 0. The summed E-state index contributed by atoms with van der Waals surface area (Å²) in [5.74, 6) is 1.54. The molecule has 0 bridgehead atoms. The Kier molecular flexibility index (Phi) is 11.9. The highest BCUT2D eigenvalue weighted by molar-refractivity contribution is 5.27. The van der Waals surface area contributed by atoms with E-state index in [1.165, 1.54) is 63.0 Å². The van der Waals surface area contributed by atoms with Crippen molar-refractivity contribution in [1.29, 1.82) is 0 Å². The van der Waals surface area contributed by atoms with E-state index in [0.29, 0.717) is 5.92 Å². The van der Waals surface area contributed by atoms with Crippen LogP contribution >= 0.6 is 0 Å². The molecule has 3 rings (SSSR count). The van der Waals surface area contributed by atoms with Crippen molar-refractivity contribution in [1.82, 2.24) is 14.8 Å². The Morgan fingerprint density at radius 2 is 1.78 bits per heavy atom. The molecule has 0 unspecified atom stereocenters. The number of hydrogen-bond acceptors (Lipinski definition) is 4. The Bertz CT molecular complexity index is 765. The molecular weight excluding hydrogens is 394 g/mol. The molecule has 1 aromatic carbocycles. The first-order valence-electron chi connectivity index (χ1n) is 12.4. The topological polar surface area (TPSA) is 28.6 Å². The summed E-state index contributed by atoms with van der Waals surface area (Å²) in [6, 6.07) is 14.5. The monoisotopic (exact) mass is 437 g/mol. The zero-order valence-corrected chi connectivity index (χ0v) is 20.9. The van der Waals surface area contributed by atoms with Gasteiger partial charge in [0.25, 0.3) is 0 Å². The summed E-state index contributed by atoms with van der Waals surface area (Å²) >= 11 is 0. The summed E-state index contributed by atoms with van der Waals surface area (Å²) in [6.45, 7) is 12.9. The number of unbranched alkanes of at least 4 members (excludes halogenated alkanes) is 2. The maximum absolute atomic E-state index is 5.78. The number of ether oxygens (including phenoxy) is 1. The van der Waals surface area contributed by atoms with Gasteiger partial charge in [0.2, 0.25) is 0 Å². The van der Waals surface area contributed by atoms with Gasteiger partial charge in [-0.3, -0.25) is 4.98 Å². The van der Waals surface area contributed by atoms with Crippen LogP contribution in [0.5, 0.6) is 5.75 Å². The molecular formula is C28H43N3O. The van der Waals surface area contributed by atoms with Gasteiger partial charge in [-0.1, -0.05) is 44.0 Å². The van der Waals surface area contributed by atoms with Crippen molar-refractivity contribution < 1.29 is 4.74 Å². The minimum atomic E-state index is 0.646. The first-order chi connectivity index (χ1) is 15.6. The van der Waals surface area contributed by atoms with Crippen LogP contribution in [0, 0.1) is 6.92 Å². The molecule has 32 heavy (non-hydrogen) atoms. The fraction of sp³-hybridized carbons (Fsp3) is 0.536. The molecule has 1 aliphatic heterocycles. The highest BCUT2D eigenvalue weighted by Crippen LogP contribution is 2.26. The molecule has 0 radical (unpaired) electrons. The quantitative estimate of drug-likeness (QED) is 0.308. The van der Waals surface area contributed by atoms with Crippen LogP contribution in [0.2, 0.25) is 0 Å². The van der Waals surface area contributed by atoms with Gasteiger partial charge in [-0.2, -0.15) is 0 Å². The van der Waals surface area contributed by atoms with Crippen molar-refractivity contribution >= 4 is 0 Å². The maximum Gasteiger partial charge on any atom is 0.126 e. The van der Waals surface area contributed by atoms with E-state index in [0.717, 1.165) is 18.0 Å². The molecule has 0 N–H and O–H groups in total. The number of piperidine rings is 1. The Morgan fingerprint density at radius 1 is 1.06 bits per heavy atom. The second-order valence-electron chi connectivity index (χ2n) is 8.54. The van der Waals surface area contributed by atoms with Gasteiger partial charge in [-0.15, -0.1) is 0 Å². The van der Waals surface area contributed by atoms with Gasteiger partial charge in [0.05, 0.1) is 0 Å². The van der Waals surface area contributed by atoms with Crippen LogP contribution in [0.4, 0.5) is 0 Å². The molecule has 4 heteroatoms. The van der Waals surface area contributed by atoms with E-state index >= 15 is 0 Å². The minimum absolute atomic E-state index is 0.646. The van der Waals surface area contributed by atoms with Crippen molar-refractivity contribution in [3.63, 3.8) is 0 Å². The van der Waals surface area contributed by atoms with Crippen LogP contribution in [0.25, 0.3) is 0 Å². The summed E-state index contributed by atoms with van der Waals surface area (Å²) in [6.07, 6.45) is 10.0. The van der Waals surface area contributed by atoms with Crippen LogP contribution in [-0.4, -0.2) is 48.0 Å². The van der Waals surface area contributed by atoms with E-state index in [-0.39, 0.29) is 0 Å². The molecule has 0 amide bonds. The van der Waals surface area contributed by atoms with Gasteiger partial charge in [0.15, 0.2) is 0 Å².